The van der Waals surface area contributed by atoms with Crippen molar-refractivity contribution in [2.24, 2.45) is 5.73 Å². The molecule has 3 N–H and O–H groups in total. The number of carbonyl (C=O) groups excluding carboxylic acids is 1. The monoisotopic (exact) mass is 194 g/mol. The van der Waals surface area contributed by atoms with Crippen molar-refractivity contribution in [3.05, 3.63) is 23.9 Å². The van der Waals surface area contributed by atoms with Gasteiger partial charge in [-0.2, -0.15) is 0 Å². The van der Waals surface area contributed by atoms with Crippen molar-refractivity contribution in [3.63, 3.8) is 0 Å². The van der Waals surface area contributed by atoms with Gasteiger partial charge in [-0.1, -0.05) is 0 Å². The largest absolute Gasteiger partial charge is 0.331 e. The Hall–Kier alpha value is -1.62. The van der Waals surface area contributed by atoms with E-state index in [0.717, 1.165) is 5.56 Å². The van der Waals surface area contributed by atoms with E-state index >= 15 is 0 Å². The fraction of sp³-hybridized carbons (Fsp3) is 0.333. The lowest BCUT2D eigenvalue weighted by Gasteiger charge is -2.11. The first-order valence-electron chi connectivity index (χ1n) is 4.27. The van der Waals surface area contributed by atoms with Crippen LogP contribution in [-0.2, 0) is 6.54 Å². The fourth-order valence-electron chi connectivity index (χ4n) is 0.891. The topological polar surface area (TPSA) is 71.2 Å². The first kappa shape index (κ1) is 10.5. The molecule has 14 heavy (non-hydrogen) atoms. The minimum Gasteiger partial charge on any atom is -0.331 e. The summed E-state index contributed by atoms with van der Waals surface area (Å²) < 4.78 is 0. The lowest BCUT2D eigenvalue weighted by Crippen LogP contribution is -2.27. The van der Waals surface area contributed by atoms with Crippen molar-refractivity contribution in [1.82, 2.24) is 9.88 Å². The Labute approximate surface area is 82.9 Å². The van der Waals surface area contributed by atoms with Crippen LogP contribution in [0.25, 0.3) is 0 Å². The average molecular weight is 194 g/mol. The summed E-state index contributed by atoms with van der Waals surface area (Å²) in [5.74, 6) is 0.520. The summed E-state index contributed by atoms with van der Waals surface area (Å²) in [5, 5.41) is 2.64. The summed E-state index contributed by atoms with van der Waals surface area (Å²) in [6, 6.07) is 3.36. The molecule has 0 fully saturated rings. The van der Waals surface area contributed by atoms with Crippen molar-refractivity contribution < 1.29 is 4.79 Å². The molecule has 0 unspecified atom stereocenters. The van der Waals surface area contributed by atoms with E-state index in [9.17, 15) is 4.79 Å². The third-order valence-corrected chi connectivity index (χ3v) is 1.70. The molecule has 1 heterocycles. The van der Waals surface area contributed by atoms with Crippen LogP contribution in [-0.4, -0.2) is 30.0 Å². The van der Waals surface area contributed by atoms with Crippen LogP contribution in [0.4, 0.5) is 10.6 Å². The zero-order valence-electron chi connectivity index (χ0n) is 8.32. The van der Waals surface area contributed by atoms with Crippen LogP contribution in [0.1, 0.15) is 5.56 Å². The summed E-state index contributed by atoms with van der Waals surface area (Å²) in [4.78, 5) is 16.7. The van der Waals surface area contributed by atoms with Crippen molar-refractivity contribution in [2.45, 2.75) is 6.54 Å². The van der Waals surface area contributed by atoms with E-state index in [1.807, 2.05) is 6.07 Å². The number of aromatic nitrogens is 1. The molecule has 0 aliphatic heterocycles. The first-order chi connectivity index (χ1) is 6.63. The van der Waals surface area contributed by atoms with E-state index in [1.54, 1.807) is 26.4 Å². The number of hydrogen-bond donors (Lipinski definition) is 2. The standard InChI is InChI=1S/C9H14N4O/c1-13(2)9(14)12-8-5-7(6-10)3-4-11-8/h3-5H,6,10H2,1-2H3,(H,11,12,14). The lowest BCUT2D eigenvalue weighted by atomic mass is 10.2. The number of nitrogens with two attached hydrogens (primary N) is 1. The predicted molar refractivity (Wildman–Crippen MR) is 54.8 cm³/mol. The molecule has 0 saturated carbocycles. The van der Waals surface area contributed by atoms with Crippen LogP contribution >= 0.6 is 0 Å². The quantitative estimate of drug-likeness (QED) is 0.725. The van der Waals surface area contributed by atoms with Gasteiger partial charge in [-0.15, -0.1) is 0 Å². The summed E-state index contributed by atoms with van der Waals surface area (Å²) in [5.41, 5.74) is 6.40. The fourth-order valence-corrected chi connectivity index (χ4v) is 0.891. The number of nitrogens with one attached hydrogen (secondary N) is 1. The molecule has 1 rings (SSSR count). The minimum absolute atomic E-state index is 0.202. The van der Waals surface area contributed by atoms with E-state index in [4.69, 9.17) is 5.73 Å². The molecular weight excluding hydrogens is 180 g/mol. The summed E-state index contributed by atoms with van der Waals surface area (Å²) in [6.07, 6.45) is 1.62. The highest BCUT2D eigenvalue weighted by Crippen LogP contribution is 2.06. The molecule has 1 aromatic heterocycles. The molecular formula is C9H14N4O. The van der Waals surface area contributed by atoms with Crippen LogP contribution in [0.3, 0.4) is 0 Å². The number of pyridine rings is 1. The predicted octanol–water partition coefficient (Wildman–Crippen LogP) is 0.634. The van der Waals surface area contributed by atoms with Crippen molar-refractivity contribution in [3.8, 4) is 0 Å². The highest BCUT2D eigenvalue weighted by atomic mass is 16.2. The number of urea groups is 1. The van der Waals surface area contributed by atoms with E-state index in [0.29, 0.717) is 12.4 Å². The molecule has 0 spiro atoms. The molecule has 76 valence electrons. The van der Waals surface area contributed by atoms with Crippen LogP contribution in [0.5, 0.6) is 0 Å². The third kappa shape index (κ3) is 2.70. The highest BCUT2D eigenvalue weighted by molar-refractivity contribution is 5.87. The van der Waals surface area contributed by atoms with Crippen LogP contribution in [0.15, 0.2) is 18.3 Å². The van der Waals surface area contributed by atoms with E-state index < -0.39 is 0 Å². The van der Waals surface area contributed by atoms with E-state index in [-0.39, 0.29) is 6.03 Å². The Morgan fingerprint density at radius 2 is 2.36 bits per heavy atom. The van der Waals surface area contributed by atoms with Gasteiger partial charge < -0.3 is 10.6 Å². The SMILES string of the molecule is CN(C)C(=O)Nc1cc(CN)ccn1. The van der Waals surface area contributed by atoms with Crippen LogP contribution < -0.4 is 11.1 Å². The lowest BCUT2D eigenvalue weighted by molar-refractivity contribution is 0.230. The number of anilines is 1. The van der Waals surface area contributed by atoms with Gasteiger partial charge in [-0.05, 0) is 17.7 Å². The van der Waals surface area contributed by atoms with Gasteiger partial charge in [0.15, 0.2) is 0 Å². The smallest absolute Gasteiger partial charge is 0.322 e. The highest BCUT2D eigenvalue weighted by Gasteiger charge is 2.04. The number of carbonyl (C=O) groups is 1. The Morgan fingerprint density at radius 3 is 2.93 bits per heavy atom. The van der Waals surface area contributed by atoms with Crippen molar-refractivity contribution >= 4 is 11.8 Å². The molecule has 5 heteroatoms. The molecule has 1 aromatic rings. The van der Waals surface area contributed by atoms with Crippen molar-refractivity contribution in [2.75, 3.05) is 19.4 Å². The summed E-state index contributed by atoms with van der Waals surface area (Å²) >= 11 is 0. The van der Waals surface area contributed by atoms with Gasteiger partial charge in [0.1, 0.15) is 5.82 Å². The molecule has 0 atom stereocenters. The van der Waals surface area contributed by atoms with Crippen LogP contribution in [0, 0.1) is 0 Å². The third-order valence-electron chi connectivity index (χ3n) is 1.70. The maximum absolute atomic E-state index is 11.3. The molecule has 2 amide bonds. The number of rotatable bonds is 2. The first-order valence-corrected chi connectivity index (χ1v) is 4.27. The molecule has 0 aromatic carbocycles. The van der Waals surface area contributed by atoms with Crippen LogP contribution in [0.2, 0.25) is 0 Å². The maximum atomic E-state index is 11.3. The van der Waals surface area contributed by atoms with E-state index in [1.165, 1.54) is 4.90 Å². The Morgan fingerprint density at radius 1 is 1.64 bits per heavy atom. The number of amides is 2. The number of hydrogen-bond acceptors (Lipinski definition) is 3. The van der Waals surface area contributed by atoms with Gasteiger partial charge >= 0.3 is 6.03 Å². The normalized spacial score (nSPS) is 9.64. The van der Waals surface area contributed by atoms with Gasteiger partial charge in [0.05, 0.1) is 0 Å². The zero-order valence-corrected chi connectivity index (χ0v) is 8.32. The van der Waals surface area contributed by atoms with Gasteiger partial charge in [0.25, 0.3) is 0 Å². The van der Waals surface area contributed by atoms with Crippen molar-refractivity contribution in [1.29, 1.82) is 0 Å². The number of nitrogens with zero attached hydrogens (tertiary/aromatic N) is 2. The Bertz CT molecular complexity index is 324. The van der Waals surface area contributed by atoms with Gasteiger partial charge in [0, 0.05) is 26.8 Å². The van der Waals surface area contributed by atoms with Gasteiger partial charge in [-0.25, -0.2) is 9.78 Å². The van der Waals surface area contributed by atoms with Gasteiger partial charge in [0.2, 0.25) is 0 Å². The zero-order chi connectivity index (χ0) is 10.6. The second kappa shape index (κ2) is 4.57. The summed E-state index contributed by atoms with van der Waals surface area (Å²) in [7, 11) is 3.34. The average Bonchev–Trinajstić information content (AvgIpc) is 2.18. The van der Waals surface area contributed by atoms with Gasteiger partial charge in [-0.3, -0.25) is 5.32 Å². The molecule has 0 saturated heterocycles. The molecule has 0 bridgehead atoms. The maximum Gasteiger partial charge on any atom is 0.322 e. The molecule has 5 nitrogen and oxygen atoms in total. The summed E-state index contributed by atoms with van der Waals surface area (Å²) in [6.45, 7) is 0.438. The molecule has 0 radical (unpaired) electrons. The minimum atomic E-state index is -0.202. The Kier molecular flexibility index (Phi) is 3.41. The molecule has 0 aliphatic rings. The molecule has 0 aliphatic carbocycles. The Balaban J connectivity index is 2.72. The second-order valence-corrected chi connectivity index (χ2v) is 3.08. The van der Waals surface area contributed by atoms with E-state index in [2.05, 4.69) is 10.3 Å². The second-order valence-electron chi connectivity index (χ2n) is 3.08.